The van der Waals surface area contributed by atoms with Crippen molar-refractivity contribution in [2.45, 2.75) is 11.8 Å². The molecule has 0 aliphatic carbocycles. The summed E-state index contributed by atoms with van der Waals surface area (Å²) in [6, 6.07) is 9.19. The molecule has 0 unspecified atom stereocenters. The predicted octanol–water partition coefficient (Wildman–Crippen LogP) is 2.86. The third-order valence-corrected chi connectivity index (χ3v) is 4.90. The van der Waals surface area contributed by atoms with E-state index < -0.39 is 21.7 Å². The fourth-order valence-electron chi connectivity index (χ4n) is 2.17. The zero-order valence-corrected chi connectivity index (χ0v) is 11.7. The van der Waals surface area contributed by atoms with E-state index in [1.807, 2.05) is 0 Å². The van der Waals surface area contributed by atoms with E-state index in [0.29, 0.717) is 17.1 Å². The molecule has 108 valence electrons. The van der Waals surface area contributed by atoms with Gasteiger partial charge >= 0.3 is 0 Å². The standard InChI is InChI=1S/C14H10F2N2O2S/c1-9-17-13-4-2-3-5-14(13)18(9)21(19,20)10-6-7-11(15)12(16)8-10/h2-8H,1H3. The molecule has 0 aliphatic rings. The zero-order valence-electron chi connectivity index (χ0n) is 10.9. The van der Waals surface area contributed by atoms with Gasteiger partial charge in [0.05, 0.1) is 15.9 Å². The summed E-state index contributed by atoms with van der Waals surface area (Å²) in [4.78, 5) is 3.83. The monoisotopic (exact) mass is 308 g/mol. The van der Waals surface area contributed by atoms with Crippen molar-refractivity contribution in [3.8, 4) is 0 Å². The molecule has 0 spiro atoms. The maximum atomic E-state index is 13.3. The number of halogens is 2. The van der Waals surface area contributed by atoms with Gasteiger partial charge in [-0.25, -0.2) is 26.2 Å². The largest absolute Gasteiger partial charge is 0.269 e. The summed E-state index contributed by atoms with van der Waals surface area (Å²) >= 11 is 0. The molecule has 1 heterocycles. The number of aryl methyl sites for hydroxylation is 1. The van der Waals surface area contributed by atoms with Crippen LogP contribution < -0.4 is 0 Å². The van der Waals surface area contributed by atoms with E-state index in [4.69, 9.17) is 0 Å². The molecule has 3 rings (SSSR count). The van der Waals surface area contributed by atoms with Crippen LogP contribution >= 0.6 is 0 Å². The minimum absolute atomic E-state index is 0.251. The van der Waals surface area contributed by atoms with Crippen molar-refractivity contribution in [2.24, 2.45) is 0 Å². The van der Waals surface area contributed by atoms with Crippen LogP contribution in [0.1, 0.15) is 5.82 Å². The summed E-state index contributed by atoms with van der Waals surface area (Å²) < 4.78 is 52.6. The van der Waals surface area contributed by atoms with Crippen molar-refractivity contribution < 1.29 is 17.2 Å². The molecule has 0 radical (unpaired) electrons. The van der Waals surface area contributed by atoms with Crippen molar-refractivity contribution in [3.05, 3.63) is 59.9 Å². The number of rotatable bonds is 2. The van der Waals surface area contributed by atoms with Crippen LogP contribution in [0.5, 0.6) is 0 Å². The number of para-hydroxylation sites is 2. The van der Waals surface area contributed by atoms with Crippen LogP contribution in [-0.4, -0.2) is 17.4 Å². The first-order valence-electron chi connectivity index (χ1n) is 6.06. The lowest BCUT2D eigenvalue weighted by Gasteiger charge is -2.09. The molecular formula is C14H10F2N2O2S. The van der Waals surface area contributed by atoms with E-state index in [1.165, 1.54) is 6.92 Å². The highest BCUT2D eigenvalue weighted by atomic mass is 32.2. The molecule has 0 bridgehead atoms. The van der Waals surface area contributed by atoms with Gasteiger partial charge in [-0.05, 0) is 37.3 Å². The molecule has 0 fully saturated rings. The summed E-state index contributed by atoms with van der Waals surface area (Å²) in [6.07, 6.45) is 0. The van der Waals surface area contributed by atoms with Crippen LogP contribution in [0.3, 0.4) is 0 Å². The summed E-state index contributed by atoms with van der Waals surface area (Å²) in [5.41, 5.74) is 0.904. The Kier molecular flexibility index (Phi) is 3.02. The second kappa shape index (κ2) is 4.63. The minimum atomic E-state index is -4.04. The minimum Gasteiger partial charge on any atom is -0.232 e. The van der Waals surface area contributed by atoms with Gasteiger partial charge in [0.25, 0.3) is 10.0 Å². The number of fused-ring (bicyclic) bond motifs is 1. The average molecular weight is 308 g/mol. The van der Waals surface area contributed by atoms with Crippen molar-refractivity contribution >= 4 is 21.1 Å². The lowest BCUT2D eigenvalue weighted by Crippen LogP contribution is -2.15. The van der Waals surface area contributed by atoms with E-state index in [-0.39, 0.29) is 10.7 Å². The Morgan fingerprint density at radius 3 is 2.48 bits per heavy atom. The fourth-order valence-corrected chi connectivity index (χ4v) is 3.68. The highest BCUT2D eigenvalue weighted by molar-refractivity contribution is 7.90. The predicted molar refractivity (Wildman–Crippen MR) is 73.4 cm³/mol. The first kappa shape index (κ1) is 13.7. The lowest BCUT2D eigenvalue weighted by molar-refractivity contribution is 0.504. The van der Waals surface area contributed by atoms with Crippen LogP contribution in [0.2, 0.25) is 0 Å². The normalized spacial score (nSPS) is 12.0. The molecule has 7 heteroatoms. The van der Waals surface area contributed by atoms with Crippen LogP contribution in [0.4, 0.5) is 8.78 Å². The van der Waals surface area contributed by atoms with Crippen molar-refractivity contribution in [1.29, 1.82) is 0 Å². The average Bonchev–Trinajstić information content (AvgIpc) is 2.78. The van der Waals surface area contributed by atoms with Gasteiger partial charge in [0, 0.05) is 0 Å². The third-order valence-electron chi connectivity index (χ3n) is 3.11. The number of imidazole rings is 1. The SMILES string of the molecule is Cc1nc2ccccc2n1S(=O)(=O)c1ccc(F)c(F)c1. The van der Waals surface area contributed by atoms with Gasteiger partial charge in [-0.2, -0.15) is 0 Å². The Morgan fingerprint density at radius 1 is 1.05 bits per heavy atom. The topological polar surface area (TPSA) is 52.0 Å². The van der Waals surface area contributed by atoms with Gasteiger partial charge in [0.2, 0.25) is 0 Å². The number of hydrogen-bond acceptors (Lipinski definition) is 3. The molecular weight excluding hydrogens is 298 g/mol. The molecule has 0 saturated heterocycles. The molecule has 0 aliphatic heterocycles. The summed E-state index contributed by atoms with van der Waals surface area (Å²) in [6.45, 7) is 1.54. The summed E-state index contributed by atoms with van der Waals surface area (Å²) in [5.74, 6) is -2.06. The maximum Gasteiger partial charge on any atom is 0.269 e. The van der Waals surface area contributed by atoms with E-state index >= 15 is 0 Å². The van der Waals surface area contributed by atoms with E-state index in [1.54, 1.807) is 24.3 Å². The quantitative estimate of drug-likeness (QED) is 0.731. The Morgan fingerprint density at radius 2 is 1.76 bits per heavy atom. The first-order valence-corrected chi connectivity index (χ1v) is 7.50. The zero-order chi connectivity index (χ0) is 15.2. The Balaban J connectivity index is 2.30. The van der Waals surface area contributed by atoms with Crippen LogP contribution in [0.25, 0.3) is 11.0 Å². The van der Waals surface area contributed by atoms with E-state index in [9.17, 15) is 17.2 Å². The Bertz CT molecular complexity index is 949. The lowest BCUT2D eigenvalue weighted by atomic mass is 10.3. The molecule has 0 saturated carbocycles. The molecule has 1 aromatic heterocycles. The van der Waals surface area contributed by atoms with Gasteiger partial charge in [-0.1, -0.05) is 12.1 Å². The van der Waals surface area contributed by atoms with Crippen molar-refractivity contribution in [1.82, 2.24) is 8.96 Å². The molecule has 21 heavy (non-hydrogen) atoms. The number of hydrogen-bond donors (Lipinski definition) is 0. The van der Waals surface area contributed by atoms with E-state index in [2.05, 4.69) is 4.98 Å². The van der Waals surface area contributed by atoms with Gasteiger partial charge in [0.1, 0.15) is 5.82 Å². The fraction of sp³-hybridized carbons (Fsp3) is 0.0714. The van der Waals surface area contributed by atoms with Crippen LogP contribution in [-0.2, 0) is 10.0 Å². The highest BCUT2D eigenvalue weighted by Crippen LogP contribution is 2.23. The van der Waals surface area contributed by atoms with Gasteiger partial charge < -0.3 is 0 Å². The Hall–Kier alpha value is -2.28. The molecule has 3 aromatic rings. The van der Waals surface area contributed by atoms with Crippen molar-refractivity contribution in [2.75, 3.05) is 0 Å². The number of aromatic nitrogens is 2. The molecule has 4 nitrogen and oxygen atoms in total. The van der Waals surface area contributed by atoms with Crippen LogP contribution in [0, 0.1) is 18.6 Å². The van der Waals surface area contributed by atoms with Gasteiger partial charge in [-0.15, -0.1) is 0 Å². The molecule has 0 N–H and O–H groups in total. The highest BCUT2D eigenvalue weighted by Gasteiger charge is 2.23. The molecule has 2 aromatic carbocycles. The smallest absolute Gasteiger partial charge is 0.232 e. The second-order valence-electron chi connectivity index (χ2n) is 4.49. The van der Waals surface area contributed by atoms with Crippen LogP contribution in [0.15, 0.2) is 47.4 Å². The Labute approximate surface area is 119 Å². The molecule has 0 atom stereocenters. The second-order valence-corrected chi connectivity index (χ2v) is 6.28. The molecule has 0 amide bonds. The third kappa shape index (κ3) is 2.09. The van der Waals surface area contributed by atoms with E-state index in [0.717, 1.165) is 16.1 Å². The maximum absolute atomic E-state index is 13.3. The summed E-state index contributed by atoms with van der Waals surface area (Å²) in [5, 5.41) is 0. The first-order chi connectivity index (χ1) is 9.91. The summed E-state index contributed by atoms with van der Waals surface area (Å²) in [7, 11) is -4.04. The van der Waals surface area contributed by atoms with Gasteiger partial charge in [0.15, 0.2) is 11.6 Å². The van der Waals surface area contributed by atoms with Gasteiger partial charge in [-0.3, -0.25) is 0 Å². The van der Waals surface area contributed by atoms with Crippen molar-refractivity contribution in [3.63, 3.8) is 0 Å². The number of nitrogens with zero attached hydrogens (tertiary/aromatic N) is 2. The number of benzene rings is 2.